The van der Waals surface area contributed by atoms with E-state index in [2.05, 4.69) is 16.4 Å². The molecule has 29 heavy (non-hydrogen) atoms. The zero-order valence-corrected chi connectivity index (χ0v) is 17.5. The number of carbonyl (C=O) groups excluding carboxylic acids is 1. The van der Waals surface area contributed by atoms with Gasteiger partial charge in [-0.25, -0.2) is 4.98 Å². The average molecular weight is 406 g/mol. The molecule has 4 nitrogen and oxygen atoms in total. The van der Waals surface area contributed by atoms with Crippen LogP contribution in [-0.2, 0) is 17.6 Å². The molecule has 2 saturated carbocycles. The van der Waals surface area contributed by atoms with E-state index in [9.17, 15) is 4.79 Å². The highest BCUT2D eigenvalue weighted by molar-refractivity contribution is 7.17. The molecule has 3 aromatic rings. The molecule has 2 aromatic heterocycles. The van der Waals surface area contributed by atoms with Gasteiger partial charge in [-0.05, 0) is 80.4 Å². The quantitative estimate of drug-likeness (QED) is 0.565. The monoisotopic (exact) mass is 405 g/mol. The van der Waals surface area contributed by atoms with Gasteiger partial charge in [-0.1, -0.05) is 18.6 Å². The molecule has 3 aliphatic carbocycles. The number of imidazole rings is 1. The fraction of sp³-hybridized carbons (Fsp3) is 0.500. The van der Waals surface area contributed by atoms with Gasteiger partial charge in [0.25, 0.3) is 0 Å². The van der Waals surface area contributed by atoms with E-state index in [1.165, 1.54) is 49.0 Å². The van der Waals surface area contributed by atoms with Crippen LogP contribution < -0.4 is 5.32 Å². The van der Waals surface area contributed by atoms with Crippen LogP contribution in [0.2, 0.25) is 0 Å². The molecule has 2 heterocycles. The van der Waals surface area contributed by atoms with Crippen molar-refractivity contribution in [3.05, 3.63) is 34.7 Å². The highest BCUT2D eigenvalue weighted by Gasteiger charge is 2.40. The molecule has 0 aliphatic heterocycles. The van der Waals surface area contributed by atoms with Crippen LogP contribution in [0, 0.1) is 17.8 Å². The molecule has 0 spiro atoms. The van der Waals surface area contributed by atoms with Crippen LogP contribution in [0.25, 0.3) is 22.4 Å². The van der Waals surface area contributed by atoms with E-state index in [1.54, 1.807) is 11.3 Å². The number of benzene rings is 1. The fourth-order valence-corrected chi connectivity index (χ4v) is 7.32. The molecule has 2 bridgehead atoms. The van der Waals surface area contributed by atoms with E-state index in [1.807, 2.05) is 18.2 Å². The molecule has 2 fully saturated rings. The number of amides is 1. The van der Waals surface area contributed by atoms with E-state index < -0.39 is 0 Å². The minimum absolute atomic E-state index is 0.193. The summed E-state index contributed by atoms with van der Waals surface area (Å²) in [4.78, 5) is 22.8. The summed E-state index contributed by atoms with van der Waals surface area (Å²) in [5, 5.41) is 4.32. The number of H-pyrrole nitrogens is 1. The number of rotatable bonds is 4. The van der Waals surface area contributed by atoms with Crippen LogP contribution in [0.15, 0.2) is 24.3 Å². The SMILES string of the molecule is O=C(C[C@H]1C[C@@H]2CC[C@@H]1C2)Nc1sc2c(c1-c1nc3ccccc3[nH]1)CCCC2. The number of hydrogen-bond donors (Lipinski definition) is 2. The normalized spacial score (nSPS) is 25.4. The maximum atomic E-state index is 13.0. The third kappa shape index (κ3) is 3.10. The lowest BCUT2D eigenvalue weighted by Gasteiger charge is -2.20. The van der Waals surface area contributed by atoms with Crippen LogP contribution in [0.4, 0.5) is 5.00 Å². The minimum atomic E-state index is 0.193. The Bertz CT molecular complexity index is 1050. The van der Waals surface area contributed by atoms with Crippen molar-refractivity contribution in [2.75, 3.05) is 5.32 Å². The molecule has 1 aromatic carbocycles. The summed E-state index contributed by atoms with van der Waals surface area (Å²) >= 11 is 1.78. The first-order valence-corrected chi connectivity index (χ1v) is 12.0. The summed E-state index contributed by atoms with van der Waals surface area (Å²) < 4.78 is 0. The predicted molar refractivity (Wildman–Crippen MR) is 118 cm³/mol. The van der Waals surface area contributed by atoms with Crippen molar-refractivity contribution in [1.29, 1.82) is 0 Å². The molecular weight excluding hydrogens is 378 g/mol. The number of hydrogen-bond acceptors (Lipinski definition) is 3. The number of para-hydroxylation sites is 2. The molecule has 0 unspecified atom stereocenters. The number of thiophene rings is 1. The number of aryl methyl sites for hydroxylation is 1. The zero-order chi connectivity index (χ0) is 19.4. The lowest BCUT2D eigenvalue weighted by atomic mass is 9.86. The molecule has 150 valence electrons. The maximum Gasteiger partial charge on any atom is 0.225 e. The number of nitrogens with one attached hydrogen (secondary N) is 2. The van der Waals surface area contributed by atoms with Gasteiger partial charge in [-0.3, -0.25) is 4.79 Å². The topological polar surface area (TPSA) is 57.8 Å². The van der Waals surface area contributed by atoms with Gasteiger partial charge in [0, 0.05) is 11.3 Å². The number of carbonyl (C=O) groups is 1. The second-order valence-corrected chi connectivity index (χ2v) is 10.3. The Balaban J connectivity index is 1.32. The van der Waals surface area contributed by atoms with Crippen molar-refractivity contribution in [2.45, 2.75) is 57.8 Å². The summed E-state index contributed by atoms with van der Waals surface area (Å²) in [6.07, 6.45) is 10.7. The van der Waals surface area contributed by atoms with Gasteiger partial charge >= 0.3 is 0 Å². The first-order valence-electron chi connectivity index (χ1n) is 11.1. The van der Waals surface area contributed by atoms with Crippen molar-refractivity contribution in [2.24, 2.45) is 17.8 Å². The largest absolute Gasteiger partial charge is 0.338 e. The van der Waals surface area contributed by atoms with Gasteiger partial charge in [-0.2, -0.15) is 0 Å². The van der Waals surface area contributed by atoms with Crippen LogP contribution >= 0.6 is 11.3 Å². The highest BCUT2D eigenvalue weighted by Crippen LogP contribution is 2.50. The lowest BCUT2D eigenvalue weighted by molar-refractivity contribution is -0.117. The number of aromatic nitrogens is 2. The molecule has 3 atom stereocenters. The van der Waals surface area contributed by atoms with Crippen molar-refractivity contribution >= 4 is 33.3 Å². The Kier molecular flexibility index (Phi) is 4.26. The summed E-state index contributed by atoms with van der Waals surface area (Å²) in [6.45, 7) is 0. The summed E-state index contributed by atoms with van der Waals surface area (Å²) in [5.41, 5.74) is 4.58. The summed E-state index contributed by atoms with van der Waals surface area (Å²) in [7, 11) is 0. The van der Waals surface area contributed by atoms with Gasteiger partial charge in [0.2, 0.25) is 5.91 Å². The van der Waals surface area contributed by atoms with Crippen molar-refractivity contribution < 1.29 is 4.79 Å². The van der Waals surface area contributed by atoms with E-state index >= 15 is 0 Å². The standard InChI is InChI=1S/C24H27N3OS/c28-21(13-16-12-14-9-10-15(16)11-14)27-24-22(17-5-1-4-8-20(17)29-24)23-25-18-6-2-3-7-19(18)26-23/h2-3,6-7,14-16H,1,4-5,8-13H2,(H,25,26)(H,27,28)/t14-,15-,16-/m1/s1. The first-order chi connectivity index (χ1) is 14.2. The van der Waals surface area contributed by atoms with E-state index in [0.717, 1.165) is 52.1 Å². The smallest absolute Gasteiger partial charge is 0.225 e. The molecule has 0 saturated heterocycles. The van der Waals surface area contributed by atoms with Crippen LogP contribution in [0.5, 0.6) is 0 Å². The molecule has 6 rings (SSSR count). The summed E-state index contributed by atoms with van der Waals surface area (Å²) in [5.74, 6) is 3.37. The third-order valence-electron chi connectivity index (χ3n) is 7.38. The Morgan fingerprint density at radius 1 is 1.17 bits per heavy atom. The molecular formula is C24H27N3OS. The Hall–Kier alpha value is -2.14. The van der Waals surface area contributed by atoms with Gasteiger partial charge in [-0.15, -0.1) is 11.3 Å². The third-order valence-corrected chi connectivity index (χ3v) is 8.59. The number of aromatic amines is 1. The van der Waals surface area contributed by atoms with Crippen molar-refractivity contribution in [3.63, 3.8) is 0 Å². The fourth-order valence-electron chi connectivity index (χ4n) is 6.02. The predicted octanol–water partition coefficient (Wildman–Crippen LogP) is 5.94. The van der Waals surface area contributed by atoms with Crippen LogP contribution in [0.3, 0.4) is 0 Å². The lowest BCUT2D eigenvalue weighted by Crippen LogP contribution is -2.20. The number of anilines is 1. The average Bonchev–Trinajstić information content (AvgIpc) is 3.49. The van der Waals surface area contributed by atoms with E-state index in [0.29, 0.717) is 12.3 Å². The molecule has 2 N–H and O–H groups in total. The Morgan fingerprint density at radius 3 is 2.90 bits per heavy atom. The zero-order valence-electron chi connectivity index (χ0n) is 16.7. The van der Waals surface area contributed by atoms with Crippen molar-refractivity contribution in [3.8, 4) is 11.4 Å². The Morgan fingerprint density at radius 2 is 2.07 bits per heavy atom. The Labute approximate surface area is 175 Å². The highest BCUT2D eigenvalue weighted by atomic mass is 32.1. The molecule has 1 amide bonds. The minimum Gasteiger partial charge on any atom is -0.338 e. The second-order valence-electron chi connectivity index (χ2n) is 9.20. The molecule has 0 radical (unpaired) electrons. The van der Waals surface area contributed by atoms with Crippen LogP contribution in [-0.4, -0.2) is 15.9 Å². The van der Waals surface area contributed by atoms with Crippen LogP contribution in [0.1, 0.15) is 55.4 Å². The maximum absolute atomic E-state index is 13.0. The molecule has 5 heteroatoms. The van der Waals surface area contributed by atoms with Gasteiger partial charge in [0.15, 0.2) is 0 Å². The number of fused-ring (bicyclic) bond motifs is 4. The summed E-state index contributed by atoms with van der Waals surface area (Å²) in [6, 6.07) is 8.17. The van der Waals surface area contributed by atoms with E-state index in [-0.39, 0.29) is 5.91 Å². The van der Waals surface area contributed by atoms with Gasteiger partial charge in [0.1, 0.15) is 10.8 Å². The number of nitrogens with zero attached hydrogens (tertiary/aromatic N) is 1. The molecule has 3 aliphatic rings. The van der Waals surface area contributed by atoms with Gasteiger partial charge in [0.05, 0.1) is 16.6 Å². The van der Waals surface area contributed by atoms with Gasteiger partial charge < -0.3 is 10.3 Å². The van der Waals surface area contributed by atoms with Crippen molar-refractivity contribution in [1.82, 2.24) is 9.97 Å². The second kappa shape index (κ2) is 6.98. The van der Waals surface area contributed by atoms with E-state index in [4.69, 9.17) is 4.98 Å². The first kappa shape index (κ1) is 17.7.